The van der Waals surface area contributed by atoms with Crippen LogP contribution in [0.1, 0.15) is 31.7 Å². The van der Waals surface area contributed by atoms with E-state index in [4.69, 9.17) is 16.6 Å². The third-order valence-electron chi connectivity index (χ3n) is 4.90. The van der Waals surface area contributed by atoms with E-state index in [0.717, 1.165) is 49.6 Å². The highest BCUT2D eigenvalue weighted by Crippen LogP contribution is 2.29. The third kappa shape index (κ3) is 4.79. The van der Waals surface area contributed by atoms with Crippen molar-refractivity contribution in [2.24, 2.45) is 16.8 Å². The molecule has 1 aromatic carbocycles. The maximum absolute atomic E-state index is 6.17. The molecule has 3 rings (SSSR count). The van der Waals surface area contributed by atoms with Gasteiger partial charge in [0.2, 0.25) is 0 Å². The molecule has 2 aliphatic rings. The lowest BCUT2D eigenvalue weighted by Crippen LogP contribution is -2.38. The van der Waals surface area contributed by atoms with Gasteiger partial charge in [0.15, 0.2) is 5.96 Å². The standard InChI is InChI=1S/C19H29ClN4/c1-3-21-19(22-11-15-5-6-15)23-12-16-8-9-24(13-16)18-10-17(20)7-4-14(18)2/h4,7,10,15-16H,3,5-6,8-9,11-13H2,1-2H3,(H2,21,22,23). The Morgan fingerprint density at radius 2 is 2.08 bits per heavy atom. The average molecular weight is 349 g/mol. The Morgan fingerprint density at radius 3 is 2.83 bits per heavy atom. The molecule has 4 nitrogen and oxygen atoms in total. The molecule has 0 radical (unpaired) electrons. The van der Waals surface area contributed by atoms with Gasteiger partial charge in [-0.05, 0) is 62.6 Å². The second kappa shape index (κ2) is 8.11. The van der Waals surface area contributed by atoms with Crippen LogP contribution in [0.2, 0.25) is 5.02 Å². The quantitative estimate of drug-likeness (QED) is 0.611. The monoisotopic (exact) mass is 348 g/mol. The Bertz CT molecular complexity index is 583. The fraction of sp³-hybridized carbons (Fsp3) is 0.632. The Balaban J connectivity index is 1.54. The molecule has 0 bridgehead atoms. The fourth-order valence-electron chi connectivity index (χ4n) is 3.25. The molecule has 1 unspecified atom stereocenters. The van der Waals surface area contributed by atoms with Gasteiger partial charge < -0.3 is 15.5 Å². The van der Waals surface area contributed by atoms with Crippen molar-refractivity contribution in [2.75, 3.05) is 37.6 Å². The third-order valence-corrected chi connectivity index (χ3v) is 5.14. The maximum Gasteiger partial charge on any atom is 0.191 e. The first kappa shape index (κ1) is 17.4. The molecule has 0 spiro atoms. The van der Waals surface area contributed by atoms with Crippen LogP contribution in [0.25, 0.3) is 0 Å². The molecule has 1 atom stereocenters. The summed E-state index contributed by atoms with van der Waals surface area (Å²) >= 11 is 6.17. The van der Waals surface area contributed by atoms with Crippen LogP contribution in [0.15, 0.2) is 23.2 Å². The Morgan fingerprint density at radius 1 is 1.25 bits per heavy atom. The van der Waals surface area contributed by atoms with Crippen LogP contribution < -0.4 is 15.5 Å². The van der Waals surface area contributed by atoms with Crippen molar-refractivity contribution in [3.8, 4) is 0 Å². The Hall–Kier alpha value is -1.42. The zero-order valence-electron chi connectivity index (χ0n) is 14.8. The van der Waals surface area contributed by atoms with Gasteiger partial charge in [-0.25, -0.2) is 0 Å². The minimum absolute atomic E-state index is 0.611. The molecule has 1 heterocycles. The van der Waals surface area contributed by atoms with Crippen LogP contribution in [0, 0.1) is 18.8 Å². The summed E-state index contributed by atoms with van der Waals surface area (Å²) in [6, 6.07) is 6.16. The number of benzene rings is 1. The van der Waals surface area contributed by atoms with Crippen molar-refractivity contribution >= 4 is 23.2 Å². The molecule has 2 N–H and O–H groups in total. The van der Waals surface area contributed by atoms with Crippen molar-refractivity contribution in [2.45, 2.75) is 33.1 Å². The number of nitrogens with zero attached hydrogens (tertiary/aromatic N) is 2. The predicted octanol–water partition coefficient (Wildman–Crippen LogP) is 3.44. The number of guanidine groups is 1. The van der Waals surface area contributed by atoms with Crippen LogP contribution in [0.4, 0.5) is 5.69 Å². The summed E-state index contributed by atoms with van der Waals surface area (Å²) < 4.78 is 0. The highest BCUT2D eigenvalue weighted by Gasteiger charge is 2.24. The highest BCUT2D eigenvalue weighted by molar-refractivity contribution is 6.30. The van der Waals surface area contributed by atoms with E-state index in [1.807, 2.05) is 6.07 Å². The number of rotatable bonds is 6. The molecule has 1 saturated carbocycles. The van der Waals surface area contributed by atoms with Gasteiger partial charge in [0.05, 0.1) is 0 Å². The summed E-state index contributed by atoms with van der Waals surface area (Å²) in [5, 5.41) is 7.65. The number of hydrogen-bond donors (Lipinski definition) is 2. The molecular formula is C19H29ClN4. The molecule has 132 valence electrons. The molecule has 1 aliphatic heterocycles. The number of nitrogens with one attached hydrogen (secondary N) is 2. The van der Waals surface area contributed by atoms with Crippen molar-refractivity contribution in [3.63, 3.8) is 0 Å². The number of aliphatic imine (C=N–C) groups is 1. The van der Waals surface area contributed by atoms with Crippen molar-refractivity contribution < 1.29 is 0 Å². The Labute approximate surface area is 150 Å². The summed E-state index contributed by atoms with van der Waals surface area (Å²) in [6.45, 7) is 9.28. The summed E-state index contributed by atoms with van der Waals surface area (Å²) in [4.78, 5) is 7.26. The summed E-state index contributed by atoms with van der Waals surface area (Å²) in [6.07, 6.45) is 3.92. The van der Waals surface area contributed by atoms with Gasteiger partial charge in [-0.2, -0.15) is 0 Å². The van der Waals surface area contributed by atoms with E-state index in [2.05, 4.69) is 41.5 Å². The van der Waals surface area contributed by atoms with Gasteiger partial charge in [0.1, 0.15) is 0 Å². The fourth-order valence-corrected chi connectivity index (χ4v) is 3.42. The van der Waals surface area contributed by atoms with Gasteiger partial charge in [-0.15, -0.1) is 0 Å². The molecule has 2 fully saturated rings. The molecule has 0 amide bonds. The van der Waals surface area contributed by atoms with Gasteiger partial charge in [-0.3, -0.25) is 4.99 Å². The molecule has 0 aromatic heterocycles. The van der Waals surface area contributed by atoms with Crippen molar-refractivity contribution in [3.05, 3.63) is 28.8 Å². The number of halogens is 1. The SMILES string of the molecule is CCNC(=NCC1CCN(c2cc(Cl)ccc2C)C1)NCC1CC1. The second-order valence-corrected chi connectivity index (χ2v) is 7.51. The van der Waals surface area contributed by atoms with Crippen LogP contribution in [-0.2, 0) is 0 Å². The largest absolute Gasteiger partial charge is 0.371 e. The smallest absolute Gasteiger partial charge is 0.191 e. The van der Waals surface area contributed by atoms with Crippen LogP contribution in [0.5, 0.6) is 0 Å². The van der Waals surface area contributed by atoms with E-state index in [-0.39, 0.29) is 0 Å². The number of aryl methyl sites for hydroxylation is 1. The zero-order valence-corrected chi connectivity index (χ0v) is 15.6. The normalized spacial score (nSPS) is 21.2. The lowest BCUT2D eigenvalue weighted by molar-refractivity contribution is 0.598. The van der Waals surface area contributed by atoms with Crippen LogP contribution >= 0.6 is 11.6 Å². The first-order chi connectivity index (χ1) is 11.7. The lowest BCUT2D eigenvalue weighted by atomic mass is 10.1. The van der Waals surface area contributed by atoms with Gasteiger partial charge >= 0.3 is 0 Å². The van der Waals surface area contributed by atoms with Gasteiger partial charge in [0, 0.05) is 43.4 Å². The van der Waals surface area contributed by atoms with E-state index in [1.165, 1.54) is 30.5 Å². The number of hydrogen-bond acceptors (Lipinski definition) is 2. The van der Waals surface area contributed by atoms with Crippen LogP contribution in [0.3, 0.4) is 0 Å². The highest BCUT2D eigenvalue weighted by atomic mass is 35.5. The van der Waals surface area contributed by atoms with E-state index >= 15 is 0 Å². The lowest BCUT2D eigenvalue weighted by Gasteiger charge is -2.21. The minimum Gasteiger partial charge on any atom is -0.371 e. The van der Waals surface area contributed by atoms with E-state index in [9.17, 15) is 0 Å². The molecule has 5 heteroatoms. The molecule has 24 heavy (non-hydrogen) atoms. The van der Waals surface area contributed by atoms with Gasteiger partial charge in [0.25, 0.3) is 0 Å². The summed E-state index contributed by atoms with van der Waals surface area (Å²) in [5.74, 6) is 2.45. The van der Waals surface area contributed by atoms with E-state index in [0.29, 0.717) is 5.92 Å². The molecular weight excluding hydrogens is 320 g/mol. The van der Waals surface area contributed by atoms with E-state index in [1.54, 1.807) is 0 Å². The molecule has 1 aromatic rings. The van der Waals surface area contributed by atoms with Crippen molar-refractivity contribution in [1.29, 1.82) is 0 Å². The zero-order chi connectivity index (χ0) is 16.9. The summed E-state index contributed by atoms with van der Waals surface area (Å²) in [5.41, 5.74) is 2.57. The van der Waals surface area contributed by atoms with Crippen molar-refractivity contribution in [1.82, 2.24) is 10.6 Å². The molecule has 1 aliphatic carbocycles. The number of anilines is 1. The summed E-state index contributed by atoms with van der Waals surface area (Å²) in [7, 11) is 0. The average Bonchev–Trinajstić information content (AvgIpc) is 3.29. The first-order valence-corrected chi connectivity index (χ1v) is 9.56. The second-order valence-electron chi connectivity index (χ2n) is 7.08. The maximum atomic E-state index is 6.17. The van der Waals surface area contributed by atoms with E-state index < -0.39 is 0 Å². The minimum atomic E-state index is 0.611. The van der Waals surface area contributed by atoms with Crippen LogP contribution in [-0.4, -0.2) is 38.7 Å². The molecule has 1 saturated heterocycles. The Kier molecular flexibility index (Phi) is 5.88. The topological polar surface area (TPSA) is 39.7 Å². The van der Waals surface area contributed by atoms with Gasteiger partial charge in [-0.1, -0.05) is 17.7 Å². The predicted molar refractivity (Wildman–Crippen MR) is 103 cm³/mol. The first-order valence-electron chi connectivity index (χ1n) is 9.19.